The van der Waals surface area contributed by atoms with Gasteiger partial charge in [0.15, 0.2) is 0 Å². The van der Waals surface area contributed by atoms with Crippen LogP contribution >= 0.6 is 22.9 Å². The molecule has 1 aromatic carbocycles. The highest BCUT2D eigenvalue weighted by molar-refractivity contribution is 7.84. The standard InChI is InChI=1S/C21H15ClF6N4O2S2/c1-36(34)12-6-16(35-9-12)17-13(20(23,24)25)7-29-19(31-17)30-15-5-10-2-3-32(18(33)21(26,27)28)8-11(10)4-14(15)22/h4-7,9H,2-3,8H2,1H3,(H,29,30,31). The number of fused-ring (bicyclic) bond motifs is 1. The van der Waals surface area contributed by atoms with Crippen LogP contribution in [0.5, 0.6) is 0 Å². The molecule has 2 aromatic heterocycles. The van der Waals surface area contributed by atoms with Gasteiger partial charge in [0.2, 0.25) is 5.95 Å². The monoisotopic (exact) mass is 568 g/mol. The summed E-state index contributed by atoms with van der Waals surface area (Å²) >= 11 is 7.22. The maximum absolute atomic E-state index is 13.6. The molecule has 3 heterocycles. The maximum atomic E-state index is 13.6. The number of rotatable bonds is 4. The number of nitrogens with one attached hydrogen (secondary N) is 1. The van der Waals surface area contributed by atoms with Crippen molar-refractivity contribution < 1.29 is 35.3 Å². The van der Waals surface area contributed by atoms with E-state index >= 15 is 0 Å². The lowest BCUT2D eigenvalue weighted by Gasteiger charge is -2.30. The van der Waals surface area contributed by atoms with E-state index in [9.17, 15) is 35.3 Å². The zero-order valence-corrected chi connectivity index (χ0v) is 20.5. The van der Waals surface area contributed by atoms with Gasteiger partial charge in [-0.05, 0) is 35.7 Å². The second-order valence-corrected chi connectivity index (χ2v) is 10.5. The van der Waals surface area contributed by atoms with E-state index in [0.717, 1.165) is 11.3 Å². The molecule has 1 aliphatic rings. The first-order chi connectivity index (χ1) is 16.7. The summed E-state index contributed by atoms with van der Waals surface area (Å²) in [6.45, 7) is -0.443. The SMILES string of the molecule is CS(=O)c1csc(-c2nc(Nc3cc4c(cc3Cl)CN(C(=O)C(F)(F)F)CC4)ncc2C(F)(F)F)c1. The van der Waals surface area contributed by atoms with Gasteiger partial charge in [-0.3, -0.25) is 9.00 Å². The number of hydrogen-bond acceptors (Lipinski definition) is 6. The number of halogens is 7. The van der Waals surface area contributed by atoms with Crippen LogP contribution in [0.3, 0.4) is 0 Å². The van der Waals surface area contributed by atoms with E-state index in [4.69, 9.17) is 11.6 Å². The maximum Gasteiger partial charge on any atom is 0.471 e. The quantitative estimate of drug-likeness (QED) is 0.402. The zero-order valence-electron chi connectivity index (χ0n) is 18.1. The molecule has 4 rings (SSSR count). The number of anilines is 2. The Balaban J connectivity index is 1.65. The lowest BCUT2D eigenvalue weighted by Crippen LogP contribution is -2.43. The van der Waals surface area contributed by atoms with Gasteiger partial charge < -0.3 is 10.2 Å². The van der Waals surface area contributed by atoms with Crippen molar-refractivity contribution in [1.29, 1.82) is 0 Å². The van der Waals surface area contributed by atoms with E-state index in [1.165, 1.54) is 29.8 Å². The highest BCUT2D eigenvalue weighted by atomic mass is 35.5. The number of nitrogens with zero attached hydrogens (tertiary/aromatic N) is 3. The molecule has 0 aliphatic carbocycles. The Morgan fingerprint density at radius 1 is 1.17 bits per heavy atom. The smallest absolute Gasteiger partial charge is 0.330 e. The summed E-state index contributed by atoms with van der Waals surface area (Å²) in [5, 5.41) is 4.30. The number of carbonyl (C=O) groups excluding carboxylic acids is 1. The minimum atomic E-state index is -4.99. The molecule has 0 spiro atoms. The van der Waals surface area contributed by atoms with E-state index < -0.39 is 40.3 Å². The van der Waals surface area contributed by atoms with E-state index in [0.29, 0.717) is 27.1 Å². The van der Waals surface area contributed by atoms with Crippen LogP contribution in [0.1, 0.15) is 16.7 Å². The summed E-state index contributed by atoms with van der Waals surface area (Å²) in [6, 6.07) is 4.29. The molecule has 15 heteroatoms. The number of hydrogen-bond donors (Lipinski definition) is 1. The topological polar surface area (TPSA) is 75.2 Å². The molecule has 0 saturated carbocycles. The van der Waals surface area contributed by atoms with Crippen LogP contribution in [-0.2, 0) is 34.7 Å². The molecular weight excluding hydrogens is 554 g/mol. The molecule has 1 unspecified atom stereocenters. The summed E-state index contributed by atoms with van der Waals surface area (Å²) in [6.07, 6.45) is -7.59. The van der Waals surface area contributed by atoms with Crippen molar-refractivity contribution >= 4 is 51.3 Å². The molecule has 0 bridgehead atoms. The normalized spacial score (nSPS) is 14.9. The van der Waals surface area contributed by atoms with Gasteiger partial charge in [0, 0.05) is 35.8 Å². The van der Waals surface area contributed by atoms with Gasteiger partial charge in [0.25, 0.3) is 0 Å². The number of benzene rings is 1. The summed E-state index contributed by atoms with van der Waals surface area (Å²) in [7, 11) is -1.40. The fourth-order valence-corrected chi connectivity index (χ4v) is 5.63. The van der Waals surface area contributed by atoms with Crippen LogP contribution in [0, 0.1) is 0 Å². The molecule has 1 aliphatic heterocycles. The minimum Gasteiger partial charge on any atom is -0.330 e. The van der Waals surface area contributed by atoms with Gasteiger partial charge >= 0.3 is 18.3 Å². The van der Waals surface area contributed by atoms with E-state index in [1.807, 2.05) is 0 Å². The summed E-state index contributed by atoms with van der Waals surface area (Å²) in [5.74, 6) is -2.14. The third-order valence-electron chi connectivity index (χ3n) is 5.31. The first-order valence-electron chi connectivity index (χ1n) is 10.0. The van der Waals surface area contributed by atoms with E-state index in [-0.39, 0.29) is 41.0 Å². The third-order valence-corrected chi connectivity index (χ3v) is 7.61. The second kappa shape index (κ2) is 9.63. The highest BCUT2D eigenvalue weighted by Gasteiger charge is 2.43. The van der Waals surface area contributed by atoms with Gasteiger partial charge in [-0.15, -0.1) is 11.3 Å². The Hall–Kier alpha value is -2.71. The molecule has 192 valence electrons. The van der Waals surface area contributed by atoms with E-state index in [1.54, 1.807) is 0 Å². The summed E-state index contributed by atoms with van der Waals surface area (Å²) in [4.78, 5) is 20.5. The van der Waals surface area contributed by atoms with Crippen molar-refractivity contribution in [3.05, 3.63) is 51.5 Å². The van der Waals surface area contributed by atoms with Crippen molar-refractivity contribution in [2.24, 2.45) is 0 Å². The second-order valence-electron chi connectivity index (χ2n) is 7.75. The Kier molecular flexibility index (Phi) is 7.05. The van der Waals surface area contributed by atoms with E-state index in [2.05, 4.69) is 15.3 Å². The van der Waals surface area contributed by atoms with Crippen molar-refractivity contribution in [3.63, 3.8) is 0 Å². The molecule has 6 nitrogen and oxygen atoms in total. The lowest BCUT2D eigenvalue weighted by atomic mass is 9.99. The first-order valence-corrected chi connectivity index (χ1v) is 12.9. The van der Waals surface area contributed by atoms with Crippen LogP contribution in [0.15, 0.2) is 34.7 Å². The Morgan fingerprint density at radius 2 is 1.89 bits per heavy atom. The van der Waals surface area contributed by atoms with Crippen LogP contribution in [-0.4, -0.2) is 44.0 Å². The Labute approximate surface area is 211 Å². The van der Waals surface area contributed by atoms with Gasteiger partial charge in [-0.25, -0.2) is 9.97 Å². The number of thiophene rings is 1. The molecule has 1 atom stereocenters. The average molecular weight is 569 g/mol. The van der Waals surface area contributed by atoms with Gasteiger partial charge in [0.1, 0.15) is 5.56 Å². The molecule has 1 N–H and O–H groups in total. The lowest BCUT2D eigenvalue weighted by molar-refractivity contribution is -0.186. The summed E-state index contributed by atoms with van der Waals surface area (Å²) in [5.41, 5.74) is -0.208. The largest absolute Gasteiger partial charge is 0.471 e. The van der Waals surface area contributed by atoms with Gasteiger partial charge in [-0.1, -0.05) is 11.6 Å². The summed E-state index contributed by atoms with van der Waals surface area (Å²) < 4.78 is 90.8. The van der Waals surface area contributed by atoms with Gasteiger partial charge in [0.05, 0.1) is 32.1 Å². The fraction of sp³-hybridized carbons (Fsp3) is 0.286. The third kappa shape index (κ3) is 5.49. The Bertz CT molecular complexity index is 1360. The molecule has 0 saturated heterocycles. The van der Waals surface area contributed by atoms with Crippen molar-refractivity contribution in [1.82, 2.24) is 14.9 Å². The first kappa shape index (κ1) is 26.4. The van der Waals surface area contributed by atoms with Crippen LogP contribution < -0.4 is 5.32 Å². The van der Waals surface area contributed by atoms with Crippen LogP contribution in [0.4, 0.5) is 38.0 Å². The number of carbonyl (C=O) groups is 1. The zero-order chi connectivity index (χ0) is 26.4. The van der Waals surface area contributed by atoms with Crippen molar-refractivity contribution in [2.75, 3.05) is 18.1 Å². The predicted octanol–water partition coefficient (Wildman–Crippen LogP) is 5.81. The predicted molar refractivity (Wildman–Crippen MR) is 123 cm³/mol. The minimum absolute atomic E-state index is 0.0555. The Morgan fingerprint density at radius 3 is 2.50 bits per heavy atom. The fourth-order valence-electron chi connectivity index (χ4n) is 3.58. The number of amides is 1. The molecule has 1 amide bonds. The molecule has 3 aromatic rings. The molecular formula is C21H15ClF6N4O2S2. The van der Waals surface area contributed by atoms with Crippen LogP contribution in [0.2, 0.25) is 5.02 Å². The highest BCUT2D eigenvalue weighted by Crippen LogP contribution is 2.39. The van der Waals surface area contributed by atoms with Gasteiger partial charge in [-0.2, -0.15) is 26.3 Å². The molecule has 0 fully saturated rings. The molecule has 36 heavy (non-hydrogen) atoms. The number of alkyl halides is 6. The number of aromatic nitrogens is 2. The average Bonchev–Trinajstić information content (AvgIpc) is 3.28. The molecule has 0 radical (unpaired) electrons. The van der Waals surface area contributed by atoms with Crippen molar-refractivity contribution in [2.45, 2.75) is 30.2 Å². The van der Waals surface area contributed by atoms with Crippen molar-refractivity contribution in [3.8, 4) is 10.6 Å². The van der Waals surface area contributed by atoms with Crippen LogP contribution in [0.25, 0.3) is 10.6 Å².